The standard InChI is InChI=1S/C12H17FO.C8H19N3O.C2H6.CH4O/c1-3-4-5-6-14-12-8-10(2)7-11(13)9-12;1-8(12)11-5-3-4-10-7-6-9-2;2*1-2/h7-9H,3-6H2,1-2H3;9-10H,3-7H2,1-2H3,(H,11,12);1-2H3;2H,1H3. The monoisotopic (exact) mass is 431 g/mol. The molecule has 0 unspecified atom stereocenters. The molecule has 0 saturated heterocycles. The number of carbonyl (C=O) groups is 1. The summed E-state index contributed by atoms with van der Waals surface area (Å²) in [5.74, 6) is 0.458. The maximum atomic E-state index is 12.9. The summed E-state index contributed by atoms with van der Waals surface area (Å²) in [5, 5.41) is 16.0. The van der Waals surface area contributed by atoms with Crippen molar-refractivity contribution in [2.45, 2.75) is 60.3 Å². The molecule has 0 bridgehead atoms. The Balaban J connectivity index is -0.000000421. The molecular formula is C23H46FN3O3. The van der Waals surface area contributed by atoms with Gasteiger partial charge in [-0.1, -0.05) is 33.6 Å². The van der Waals surface area contributed by atoms with Crippen LogP contribution >= 0.6 is 0 Å². The van der Waals surface area contributed by atoms with Crippen molar-refractivity contribution in [3.05, 3.63) is 29.6 Å². The van der Waals surface area contributed by atoms with E-state index < -0.39 is 0 Å². The fourth-order valence-electron chi connectivity index (χ4n) is 2.14. The summed E-state index contributed by atoms with van der Waals surface area (Å²) in [4.78, 5) is 10.4. The molecule has 0 heterocycles. The number of rotatable bonds is 12. The molecule has 1 aromatic carbocycles. The van der Waals surface area contributed by atoms with Crippen molar-refractivity contribution in [1.82, 2.24) is 16.0 Å². The van der Waals surface area contributed by atoms with Crippen LogP contribution in [0.3, 0.4) is 0 Å². The largest absolute Gasteiger partial charge is 0.493 e. The highest BCUT2D eigenvalue weighted by Crippen LogP contribution is 2.16. The lowest BCUT2D eigenvalue weighted by Crippen LogP contribution is -2.28. The van der Waals surface area contributed by atoms with E-state index in [-0.39, 0.29) is 11.7 Å². The lowest BCUT2D eigenvalue weighted by atomic mass is 10.2. The van der Waals surface area contributed by atoms with Crippen molar-refractivity contribution in [2.75, 3.05) is 46.9 Å². The Hall–Kier alpha value is -1.70. The number of unbranched alkanes of at least 4 members (excludes halogenated alkanes) is 2. The predicted octanol–water partition coefficient (Wildman–Crippen LogP) is 3.66. The van der Waals surface area contributed by atoms with Gasteiger partial charge in [-0.2, -0.15) is 0 Å². The van der Waals surface area contributed by atoms with Gasteiger partial charge in [-0.25, -0.2) is 4.39 Å². The van der Waals surface area contributed by atoms with Crippen LogP contribution in [0.25, 0.3) is 0 Å². The topological polar surface area (TPSA) is 82.6 Å². The summed E-state index contributed by atoms with van der Waals surface area (Å²) in [6, 6.07) is 4.78. The van der Waals surface area contributed by atoms with Crippen LogP contribution in [0.4, 0.5) is 4.39 Å². The van der Waals surface area contributed by atoms with E-state index in [0.717, 1.165) is 58.1 Å². The third-order valence-corrected chi connectivity index (χ3v) is 3.49. The average Bonchev–Trinajstić information content (AvgIpc) is 2.73. The molecule has 6 nitrogen and oxygen atoms in total. The van der Waals surface area contributed by atoms with Crippen LogP contribution in [0, 0.1) is 12.7 Å². The second-order valence-corrected chi connectivity index (χ2v) is 6.21. The van der Waals surface area contributed by atoms with Gasteiger partial charge in [-0.15, -0.1) is 0 Å². The molecule has 0 aromatic heterocycles. The number of halogens is 1. The molecule has 0 radical (unpaired) electrons. The van der Waals surface area contributed by atoms with Gasteiger partial charge >= 0.3 is 0 Å². The number of aryl methyl sites for hydroxylation is 1. The number of ether oxygens (including phenoxy) is 1. The normalized spacial score (nSPS) is 9.10. The molecule has 0 saturated carbocycles. The van der Waals surface area contributed by atoms with E-state index >= 15 is 0 Å². The van der Waals surface area contributed by atoms with Gasteiger partial charge in [0.1, 0.15) is 11.6 Å². The Morgan fingerprint density at radius 1 is 1.03 bits per heavy atom. The van der Waals surface area contributed by atoms with E-state index in [4.69, 9.17) is 9.84 Å². The smallest absolute Gasteiger partial charge is 0.216 e. The zero-order valence-electron chi connectivity index (χ0n) is 20.2. The van der Waals surface area contributed by atoms with Crippen LogP contribution < -0.4 is 20.7 Å². The zero-order chi connectivity index (χ0) is 23.6. The summed E-state index contributed by atoms with van der Waals surface area (Å²) < 4.78 is 18.4. The molecule has 0 atom stereocenters. The van der Waals surface area contributed by atoms with Crippen molar-refractivity contribution in [3.63, 3.8) is 0 Å². The Labute approximate surface area is 184 Å². The number of carbonyl (C=O) groups excluding carboxylic acids is 1. The number of benzene rings is 1. The molecule has 0 spiro atoms. The molecule has 1 aromatic rings. The highest BCUT2D eigenvalue weighted by atomic mass is 19.1. The summed E-state index contributed by atoms with van der Waals surface area (Å²) in [6.07, 6.45) is 4.36. The van der Waals surface area contributed by atoms with Gasteiger partial charge in [0, 0.05) is 39.7 Å². The summed E-state index contributed by atoms with van der Waals surface area (Å²) in [5.41, 5.74) is 0.899. The molecule has 1 amide bonds. The van der Waals surface area contributed by atoms with Crippen LogP contribution in [-0.4, -0.2) is 58.0 Å². The maximum absolute atomic E-state index is 12.9. The van der Waals surface area contributed by atoms with E-state index in [2.05, 4.69) is 22.9 Å². The third-order valence-electron chi connectivity index (χ3n) is 3.49. The van der Waals surface area contributed by atoms with Gasteiger partial charge in [0.15, 0.2) is 0 Å². The minimum atomic E-state index is -0.226. The number of hydrogen-bond donors (Lipinski definition) is 4. The Kier molecular flexibility index (Phi) is 30.0. The number of nitrogens with one attached hydrogen (secondary N) is 3. The van der Waals surface area contributed by atoms with Gasteiger partial charge < -0.3 is 25.8 Å². The minimum absolute atomic E-state index is 0.0465. The van der Waals surface area contributed by atoms with Crippen molar-refractivity contribution < 1.29 is 19.0 Å². The van der Waals surface area contributed by atoms with Crippen molar-refractivity contribution in [2.24, 2.45) is 0 Å². The molecule has 30 heavy (non-hydrogen) atoms. The van der Waals surface area contributed by atoms with Gasteiger partial charge in [-0.05, 0) is 51.1 Å². The van der Waals surface area contributed by atoms with E-state index in [9.17, 15) is 9.18 Å². The van der Waals surface area contributed by atoms with Crippen molar-refractivity contribution in [1.29, 1.82) is 0 Å². The molecule has 0 fully saturated rings. The zero-order valence-corrected chi connectivity index (χ0v) is 20.2. The predicted molar refractivity (Wildman–Crippen MR) is 126 cm³/mol. The maximum Gasteiger partial charge on any atom is 0.216 e. The van der Waals surface area contributed by atoms with Crippen LogP contribution in [0.5, 0.6) is 5.75 Å². The second-order valence-electron chi connectivity index (χ2n) is 6.21. The summed E-state index contributed by atoms with van der Waals surface area (Å²) in [6.45, 7) is 13.9. The van der Waals surface area contributed by atoms with E-state index in [0.29, 0.717) is 12.4 Å². The first-order chi connectivity index (χ1) is 14.5. The Morgan fingerprint density at radius 2 is 1.70 bits per heavy atom. The fraction of sp³-hybridized carbons (Fsp3) is 0.696. The highest BCUT2D eigenvalue weighted by molar-refractivity contribution is 5.72. The third kappa shape index (κ3) is 26.3. The molecule has 0 aliphatic carbocycles. The van der Waals surface area contributed by atoms with Crippen LogP contribution in [0.15, 0.2) is 18.2 Å². The average molecular weight is 432 g/mol. The van der Waals surface area contributed by atoms with Crippen molar-refractivity contribution in [3.8, 4) is 5.75 Å². The molecule has 178 valence electrons. The van der Waals surface area contributed by atoms with Crippen LogP contribution in [-0.2, 0) is 4.79 Å². The highest BCUT2D eigenvalue weighted by Gasteiger charge is 1.98. The minimum Gasteiger partial charge on any atom is -0.493 e. The van der Waals surface area contributed by atoms with Gasteiger partial charge in [0.25, 0.3) is 0 Å². The summed E-state index contributed by atoms with van der Waals surface area (Å²) in [7, 11) is 2.93. The number of likely N-dealkylation sites (N-methyl/N-ethyl adjacent to an activating group) is 1. The molecule has 0 aliphatic rings. The summed E-state index contributed by atoms with van der Waals surface area (Å²) >= 11 is 0. The lowest BCUT2D eigenvalue weighted by molar-refractivity contribution is -0.118. The van der Waals surface area contributed by atoms with Crippen LogP contribution in [0.2, 0.25) is 0 Å². The molecular weight excluding hydrogens is 385 g/mol. The molecule has 1 rings (SSSR count). The first kappa shape index (κ1) is 33.0. The Morgan fingerprint density at radius 3 is 2.23 bits per heavy atom. The SMILES string of the molecule is CC.CCCCCOc1cc(C)cc(F)c1.CNCCNCCCNC(C)=O.CO. The fourth-order valence-corrected chi connectivity index (χ4v) is 2.14. The van der Waals surface area contributed by atoms with E-state index in [1.165, 1.54) is 25.5 Å². The number of aliphatic hydroxyl groups is 1. The number of amides is 1. The first-order valence-electron chi connectivity index (χ1n) is 10.9. The van der Waals surface area contributed by atoms with Gasteiger partial charge in [-0.3, -0.25) is 4.79 Å². The van der Waals surface area contributed by atoms with Gasteiger partial charge in [0.2, 0.25) is 5.91 Å². The molecule has 0 aliphatic heterocycles. The molecule has 4 N–H and O–H groups in total. The lowest BCUT2D eigenvalue weighted by Gasteiger charge is -2.06. The number of aliphatic hydroxyl groups excluding tert-OH is 1. The van der Waals surface area contributed by atoms with E-state index in [1.54, 1.807) is 0 Å². The molecule has 7 heteroatoms. The second kappa shape index (κ2) is 27.3. The van der Waals surface area contributed by atoms with Gasteiger partial charge in [0.05, 0.1) is 6.61 Å². The van der Waals surface area contributed by atoms with Crippen molar-refractivity contribution >= 4 is 5.91 Å². The van der Waals surface area contributed by atoms with Crippen LogP contribution in [0.1, 0.15) is 58.9 Å². The first-order valence-corrected chi connectivity index (χ1v) is 10.9. The number of hydrogen-bond acceptors (Lipinski definition) is 5. The quantitative estimate of drug-likeness (QED) is 0.380. The van der Waals surface area contributed by atoms with E-state index in [1.807, 2.05) is 33.9 Å². The Bertz CT molecular complexity index is 469.